The molecule has 26 heavy (non-hydrogen) atoms. The number of fused-ring (bicyclic) bond motifs is 1. The first-order valence-electron chi connectivity index (χ1n) is 8.36. The third kappa shape index (κ3) is 3.23. The number of nitrogens with one attached hydrogen (secondary N) is 1. The Kier molecular flexibility index (Phi) is 4.27. The Morgan fingerprint density at radius 3 is 2.73 bits per heavy atom. The quantitative estimate of drug-likeness (QED) is 0.780. The van der Waals surface area contributed by atoms with Crippen molar-refractivity contribution in [3.05, 3.63) is 66.6 Å². The number of aromatic nitrogens is 3. The van der Waals surface area contributed by atoms with E-state index in [4.69, 9.17) is 9.47 Å². The number of hydrogen-bond acceptors (Lipinski definition) is 5. The van der Waals surface area contributed by atoms with Gasteiger partial charge in [0.05, 0.1) is 0 Å². The first kappa shape index (κ1) is 16.1. The lowest BCUT2D eigenvalue weighted by Crippen LogP contribution is -2.48. The number of amides is 1. The molecular formula is C19H18N4O3. The highest BCUT2D eigenvalue weighted by Gasteiger charge is 2.33. The zero-order valence-corrected chi connectivity index (χ0v) is 14.2. The van der Waals surface area contributed by atoms with Crippen LogP contribution in [0.5, 0.6) is 11.5 Å². The molecule has 132 valence electrons. The van der Waals surface area contributed by atoms with E-state index in [2.05, 4.69) is 15.4 Å². The smallest absolute Gasteiger partial charge is 0.265 e. The fourth-order valence-electron chi connectivity index (χ4n) is 2.80. The van der Waals surface area contributed by atoms with E-state index in [0.717, 1.165) is 5.56 Å². The van der Waals surface area contributed by atoms with Gasteiger partial charge in [0.1, 0.15) is 6.10 Å². The van der Waals surface area contributed by atoms with Crippen molar-refractivity contribution in [3.63, 3.8) is 0 Å². The molecule has 3 aromatic rings. The van der Waals surface area contributed by atoms with Gasteiger partial charge in [-0.25, -0.2) is 9.67 Å². The topological polar surface area (TPSA) is 78.3 Å². The van der Waals surface area contributed by atoms with Crippen LogP contribution in [0.1, 0.15) is 12.5 Å². The molecule has 1 amide bonds. The van der Waals surface area contributed by atoms with E-state index in [1.165, 1.54) is 0 Å². The number of pyridine rings is 1. The second-order valence-corrected chi connectivity index (χ2v) is 6.00. The van der Waals surface area contributed by atoms with Gasteiger partial charge in [0.2, 0.25) is 6.10 Å². The molecule has 2 atom stereocenters. The van der Waals surface area contributed by atoms with Crippen LogP contribution in [0.4, 0.5) is 0 Å². The van der Waals surface area contributed by atoms with Crippen molar-refractivity contribution in [3.8, 4) is 17.3 Å². The molecule has 0 radical (unpaired) electrons. The molecule has 0 bridgehead atoms. The first-order valence-corrected chi connectivity index (χ1v) is 8.36. The highest BCUT2D eigenvalue weighted by atomic mass is 16.6. The third-order valence-corrected chi connectivity index (χ3v) is 4.12. The van der Waals surface area contributed by atoms with Crippen LogP contribution >= 0.6 is 0 Å². The summed E-state index contributed by atoms with van der Waals surface area (Å²) in [7, 11) is 0. The van der Waals surface area contributed by atoms with Crippen LogP contribution < -0.4 is 14.8 Å². The maximum atomic E-state index is 12.6. The minimum absolute atomic E-state index is 0.218. The Balaban J connectivity index is 1.42. The Labute approximate surface area is 150 Å². The molecule has 1 aliphatic rings. The molecule has 0 unspecified atom stereocenters. The predicted molar refractivity (Wildman–Crippen MR) is 94.2 cm³/mol. The van der Waals surface area contributed by atoms with Gasteiger partial charge in [0, 0.05) is 25.1 Å². The molecule has 0 aliphatic carbocycles. The summed E-state index contributed by atoms with van der Waals surface area (Å²) in [6.07, 6.45) is 4.13. The van der Waals surface area contributed by atoms with Crippen molar-refractivity contribution in [2.75, 3.05) is 0 Å². The molecule has 4 rings (SSSR count). The van der Waals surface area contributed by atoms with E-state index in [0.29, 0.717) is 23.9 Å². The van der Waals surface area contributed by atoms with E-state index >= 15 is 0 Å². The van der Waals surface area contributed by atoms with Crippen molar-refractivity contribution in [1.82, 2.24) is 20.1 Å². The number of rotatable bonds is 4. The van der Waals surface area contributed by atoms with Gasteiger partial charge in [-0.3, -0.25) is 4.79 Å². The maximum Gasteiger partial charge on any atom is 0.265 e. The fourth-order valence-corrected chi connectivity index (χ4v) is 2.80. The molecular weight excluding hydrogens is 332 g/mol. The molecule has 0 fully saturated rings. The second-order valence-electron chi connectivity index (χ2n) is 6.00. The molecule has 0 spiro atoms. The minimum atomic E-state index is -0.697. The van der Waals surface area contributed by atoms with Crippen molar-refractivity contribution in [2.24, 2.45) is 0 Å². The van der Waals surface area contributed by atoms with Crippen LogP contribution in [0.15, 0.2) is 61.1 Å². The Morgan fingerprint density at radius 2 is 1.96 bits per heavy atom. The summed E-state index contributed by atoms with van der Waals surface area (Å²) in [5, 5.41) is 7.06. The van der Waals surface area contributed by atoms with Crippen LogP contribution in [0.25, 0.3) is 5.82 Å². The summed E-state index contributed by atoms with van der Waals surface area (Å²) in [6, 6.07) is 12.9. The average Bonchev–Trinajstić information content (AvgIpc) is 3.20. The lowest BCUT2D eigenvalue weighted by Gasteiger charge is -2.31. The molecule has 3 heterocycles. The summed E-state index contributed by atoms with van der Waals surface area (Å²) >= 11 is 0. The standard InChI is InChI=1S/C19H18N4O3/c1-13-18(26-16-6-3-2-5-15(16)25-13)19(24)21-12-14-7-9-20-17(11-14)23-10-4-8-22-23/h2-11,13,18H,12H2,1H3,(H,21,24)/t13-,18-/m0/s1. The van der Waals surface area contributed by atoms with E-state index in [1.54, 1.807) is 23.1 Å². The Hall–Kier alpha value is -3.35. The number of ether oxygens (including phenoxy) is 2. The first-order chi connectivity index (χ1) is 12.7. The zero-order valence-electron chi connectivity index (χ0n) is 14.2. The minimum Gasteiger partial charge on any atom is -0.482 e. The van der Waals surface area contributed by atoms with Gasteiger partial charge in [-0.15, -0.1) is 0 Å². The summed E-state index contributed by atoms with van der Waals surface area (Å²) in [4.78, 5) is 16.8. The molecule has 1 N–H and O–H groups in total. The van der Waals surface area contributed by atoms with Crippen LogP contribution in [-0.4, -0.2) is 32.9 Å². The number of carbonyl (C=O) groups is 1. The number of nitrogens with zero attached hydrogens (tertiary/aromatic N) is 3. The molecule has 7 nitrogen and oxygen atoms in total. The van der Waals surface area contributed by atoms with Crippen molar-refractivity contribution in [1.29, 1.82) is 0 Å². The maximum absolute atomic E-state index is 12.6. The number of para-hydroxylation sites is 2. The number of carbonyl (C=O) groups excluding carboxylic acids is 1. The van der Waals surface area contributed by atoms with Crippen molar-refractivity contribution in [2.45, 2.75) is 25.7 Å². The van der Waals surface area contributed by atoms with Crippen LogP contribution in [-0.2, 0) is 11.3 Å². The van der Waals surface area contributed by atoms with Gasteiger partial charge in [0.15, 0.2) is 17.3 Å². The molecule has 7 heteroatoms. The molecule has 0 saturated heterocycles. The number of benzene rings is 1. The summed E-state index contributed by atoms with van der Waals surface area (Å²) in [6.45, 7) is 2.19. The van der Waals surface area contributed by atoms with E-state index in [9.17, 15) is 4.79 Å². The van der Waals surface area contributed by atoms with Gasteiger partial charge >= 0.3 is 0 Å². The van der Waals surface area contributed by atoms with Crippen molar-refractivity contribution >= 4 is 5.91 Å². The molecule has 0 saturated carbocycles. The van der Waals surface area contributed by atoms with Gasteiger partial charge in [-0.1, -0.05) is 12.1 Å². The Bertz CT molecular complexity index is 911. The summed E-state index contributed by atoms with van der Waals surface area (Å²) in [5.41, 5.74) is 0.920. The van der Waals surface area contributed by atoms with E-state index in [1.807, 2.05) is 49.5 Å². The Morgan fingerprint density at radius 1 is 1.15 bits per heavy atom. The van der Waals surface area contributed by atoms with Crippen LogP contribution in [0, 0.1) is 0 Å². The average molecular weight is 350 g/mol. The lowest BCUT2D eigenvalue weighted by atomic mass is 10.1. The normalized spacial score (nSPS) is 18.3. The molecule has 1 aliphatic heterocycles. The predicted octanol–water partition coefficient (Wildman–Crippen LogP) is 2.11. The zero-order chi connectivity index (χ0) is 17.9. The van der Waals surface area contributed by atoms with Gasteiger partial charge in [-0.2, -0.15) is 5.10 Å². The lowest BCUT2D eigenvalue weighted by molar-refractivity contribution is -0.133. The largest absolute Gasteiger partial charge is 0.482 e. The van der Waals surface area contributed by atoms with Crippen LogP contribution in [0.2, 0.25) is 0 Å². The number of hydrogen-bond donors (Lipinski definition) is 1. The summed E-state index contributed by atoms with van der Waals surface area (Å²) in [5.74, 6) is 1.71. The molecule has 1 aromatic carbocycles. The second kappa shape index (κ2) is 6.87. The summed E-state index contributed by atoms with van der Waals surface area (Å²) < 4.78 is 13.3. The van der Waals surface area contributed by atoms with E-state index < -0.39 is 6.10 Å². The van der Waals surface area contributed by atoms with Gasteiger partial charge in [0.25, 0.3) is 5.91 Å². The van der Waals surface area contributed by atoms with E-state index in [-0.39, 0.29) is 12.0 Å². The van der Waals surface area contributed by atoms with Crippen molar-refractivity contribution < 1.29 is 14.3 Å². The van der Waals surface area contributed by atoms with Gasteiger partial charge < -0.3 is 14.8 Å². The molecule has 2 aromatic heterocycles. The highest BCUT2D eigenvalue weighted by molar-refractivity contribution is 5.82. The SMILES string of the molecule is C[C@@H]1Oc2ccccc2O[C@@H]1C(=O)NCc1ccnc(-n2cccn2)c1. The fraction of sp³-hybridized carbons (Fsp3) is 0.211. The van der Waals surface area contributed by atoms with Gasteiger partial charge in [-0.05, 0) is 42.8 Å². The highest BCUT2D eigenvalue weighted by Crippen LogP contribution is 2.33. The monoisotopic (exact) mass is 350 g/mol. The van der Waals surface area contributed by atoms with Crippen LogP contribution in [0.3, 0.4) is 0 Å². The third-order valence-electron chi connectivity index (χ3n) is 4.12.